The van der Waals surface area contributed by atoms with E-state index >= 15 is 0 Å². The van der Waals surface area contributed by atoms with E-state index in [1.807, 2.05) is 13.8 Å². The average molecular weight is 264 g/mol. The number of aromatic nitrogens is 2. The lowest BCUT2D eigenvalue weighted by Gasteiger charge is -2.18. The number of hydrogen-bond donors (Lipinski definition) is 1. The normalized spacial score (nSPS) is 12.8. The topological polar surface area (TPSA) is 55.2 Å². The Labute approximate surface area is 115 Å². The summed E-state index contributed by atoms with van der Waals surface area (Å²) in [4.78, 5) is 8.63. The van der Waals surface area contributed by atoms with Gasteiger partial charge in [0.25, 0.3) is 0 Å². The van der Waals surface area contributed by atoms with Gasteiger partial charge in [0.05, 0.1) is 17.6 Å². The molecule has 0 bridgehead atoms. The van der Waals surface area contributed by atoms with Gasteiger partial charge in [-0.15, -0.1) is 0 Å². The van der Waals surface area contributed by atoms with Crippen LogP contribution in [0, 0.1) is 13.8 Å². The lowest BCUT2D eigenvalue weighted by Crippen LogP contribution is -2.17. The summed E-state index contributed by atoms with van der Waals surface area (Å²) in [5.74, 6) is 0.604. The number of nitrogens with zero attached hydrogens (tertiary/aromatic N) is 2. The van der Waals surface area contributed by atoms with Gasteiger partial charge < -0.3 is 9.84 Å². The minimum absolute atomic E-state index is 0.0461. The van der Waals surface area contributed by atoms with Gasteiger partial charge in [0.2, 0.25) is 5.88 Å². The molecule has 0 aliphatic heterocycles. The highest BCUT2D eigenvalue weighted by molar-refractivity contribution is 5.18. The van der Waals surface area contributed by atoms with E-state index in [9.17, 15) is 0 Å². The summed E-state index contributed by atoms with van der Waals surface area (Å²) >= 11 is 0. The van der Waals surface area contributed by atoms with E-state index in [-0.39, 0.29) is 6.10 Å². The van der Waals surface area contributed by atoms with E-state index in [0.717, 1.165) is 30.5 Å². The second kappa shape index (κ2) is 8.51. The summed E-state index contributed by atoms with van der Waals surface area (Å²) in [7, 11) is 0. The summed E-state index contributed by atoms with van der Waals surface area (Å²) in [6.07, 6.45) is 9.74. The first kappa shape index (κ1) is 15.5. The maximum atomic E-state index is 8.79. The Balaban J connectivity index is 2.66. The molecule has 0 fully saturated rings. The lowest BCUT2D eigenvalue weighted by molar-refractivity contribution is 0.179. The number of hydrogen-bond acceptors (Lipinski definition) is 4. The molecule has 1 unspecified atom stereocenters. The summed E-state index contributed by atoms with van der Waals surface area (Å²) in [5, 5.41) is 8.79. The molecule has 0 saturated carbocycles. The molecule has 1 aromatic rings. The average Bonchev–Trinajstić information content (AvgIpc) is 2.40. The number of aliphatic hydroxyl groups is 1. The minimum atomic E-state index is 0.0461. The van der Waals surface area contributed by atoms with Crippen molar-refractivity contribution in [2.45, 2.75) is 59.0 Å². The largest absolute Gasteiger partial charge is 0.516 e. The first-order valence-electron chi connectivity index (χ1n) is 6.93. The third-order valence-electron chi connectivity index (χ3n) is 2.94. The zero-order chi connectivity index (χ0) is 14.1. The molecule has 1 atom stereocenters. The van der Waals surface area contributed by atoms with E-state index in [4.69, 9.17) is 9.84 Å². The predicted octanol–water partition coefficient (Wildman–Crippen LogP) is 3.88. The smallest absolute Gasteiger partial charge is 0.235 e. The quantitative estimate of drug-likeness (QED) is 0.572. The third kappa shape index (κ3) is 5.73. The van der Waals surface area contributed by atoms with Gasteiger partial charge in [-0.25, -0.2) is 4.98 Å². The third-order valence-corrected chi connectivity index (χ3v) is 2.94. The molecular weight excluding hydrogens is 240 g/mol. The second-order valence-corrected chi connectivity index (χ2v) is 4.76. The van der Waals surface area contributed by atoms with Gasteiger partial charge in [-0.2, -0.15) is 0 Å². The van der Waals surface area contributed by atoms with Crippen LogP contribution < -0.4 is 4.74 Å². The summed E-state index contributed by atoms with van der Waals surface area (Å²) in [6.45, 7) is 5.98. The van der Waals surface area contributed by atoms with Crippen molar-refractivity contribution < 1.29 is 9.84 Å². The van der Waals surface area contributed by atoms with Crippen molar-refractivity contribution in [1.82, 2.24) is 9.97 Å². The van der Waals surface area contributed by atoms with Crippen LogP contribution in [0.3, 0.4) is 0 Å². The minimum Gasteiger partial charge on any atom is -0.516 e. The van der Waals surface area contributed by atoms with Crippen LogP contribution in [0.4, 0.5) is 0 Å². The molecule has 0 amide bonds. The predicted molar refractivity (Wildman–Crippen MR) is 76.4 cm³/mol. The maximum absolute atomic E-state index is 8.79. The number of unbranched alkanes of at least 4 members (excludes halogenated alkanes) is 2. The highest BCUT2D eigenvalue weighted by Gasteiger charge is 2.12. The Morgan fingerprint density at radius 1 is 1.37 bits per heavy atom. The Bertz CT molecular complexity index is 405. The monoisotopic (exact) mass is 264 g/mol. The van der Waals surface area contributed by atoms with Crippen LogP contribution in [0.2, 0.25) is 0 Å². The molecule has 1 heterocycles. The molecule has 0 spiro atoms. The fraction of sp³-hybridized carbons (Fsp3) is 0.600. The lowest BCUT2D eigenvalue weighted by atomic mass is 10.1. The summed E-state index contributed by atoms with van der Waals surface area (Å²) < 4.78 is 5.94. The first-order valence-corrected chi connectivity index (χ1v) is 6.93. The van der Waals surface area contributed by atoms with Crippen LogP contribution in [0.1, 0.15) is 50.4 Å². The Morgan fingerprint density at radius 3 is 2.84 bits per heavy atom. The van der Waals surface area contributed by atoms with Crippen molar-refractivity contribution in [3.05, 3.63) is 29.9 Å². The Morgan fingerprint density at radius 2 is 2.16 bits per heavy atom. The molecule has 0 aliphatic carbocycles. The summed E-state index contributed by atoms with van der Waals surface area (Å²) in [5.41, 5.74) is 1.66. The molecule has 19 heavy (non-hydrogen) atoms. The van der Waals surface area contributed by atoms with Gasteiger partial charge >= 0.3 is 0 Å². The van der Waals surface area contributed by atoms with Crippen molar-refractivity contribution >= 4 is 0 Å². The standard InChI is InChI=1S/C15H24N2O2/c1-4-5-6-8-14(9-7-10-18)19-15-13(3)16-11-12(2)17-15/h7,10-11,14,18H,4-6,8-9H2,1-3H3/b10-7+. The van der Waals surface area contributed by atoms with Gasteiger partial charge in [-0.1, -0.05) is 19.8 Å². The summed E-state index contributed by atoms with van der Waals surface area (Å²) in [6, 6.07) is 0. The highest BCUT2D eigenvalue weighted by Crippen LogP contribution is 2.18. The Kier molecular flexibility index (Phi) is 6.93. The van der Waals surface area contributed by atoms with Crippen LogP contribution >= 0.6 is 0 Å². The van der Waals surface area contributed by atoms with Crippen molar-refractivity contribution in [3.8, 4) is 5.88 Å². The van der Waals surface area contributed by atoms with Gasteiger partial charge in [0, 0.05) is 12.6 Å². The van der Waals surface area contributed by atoms with Crippen LogP contribution in [-0.2, 0) is 0 Å². The number of aryl methyl sites for hydroxylation is 2. The molecule has 1 N–H and O–H groups in total. The molecule has 1 aromatic heterocycles. The first-order chi connectivity index (χ1) is 9.17. The molecular formula is C15H24N2O2. The SMILES string of the molecule is CCCCCC(C/C=C/O)Oc1nc(C)cnc1C. The van der Waals surface area contributed by atoms with E-state index in [1.165, 1.54) is 12.8 Å². The number of rotatable bonds is 8. The van der Waals surface area contributed by atoms with Crippen LogP contribution in [0.15, 0.2) is 18.5 Å². The molecule has 1 rings (SSSR count). The zero-order valence-electron chi connectivity index (χ0n) is 12.1. The van der Waals surface area contributed by atoms with E-state index < -0.39 is 0 Å². The van der Waals surface area contributed by atoms with Gasteiger partial charge in [-0.3, -0.25) is 4.98 Å². The van der Waals surface area contributed by atoms with E-state index in [1.54, 1.807) is 12.3 Å². The van der Waals surface area contributed by atoms with Crippen molar-refractivity contribution in [2.24, 2.45) is 0 Å². The van der Waals surface area contributed by atoms with Crippen LogP contribution in [0.5, 0.6) is 5.88 Å². The molecule has 0 saturated heterocycles. The van der Waals surface area contributed by atoms with Crippen LogP contribution in [-0.4, -0.2) is 21.2 Å². The maximum Gasteiger partial charge on any atom is 0.235 e. The Hall–Kier alpha value is -1.58. The molecule has 106 valence electrons. The van der Waals surface area contributed by atoms with E-state index in [0.29, 0.717) is 12.3 Å². The molecule has 0 radical (unpaired) electrons. The molecule has 4 heteroatoms. The van der Waals surface area contributed by atoms with Gasteiger partial charge in [-0.05, 0) is 32.8 Å². The number of aliphatic hydroxyl groups excluding tert-OH is 1. The fourth-order valence-corrected chi connectivity index (χ4v) is 1.84. The van der Waals surface area contributed by atoms with Crippen molar-refractivity contribution in [3.63, 3.8) is 0 Å². The molecule has 4 nitrogen and oxygen atoms in total. The molecule has 0 aliphatic rings. The van der Waals surface area contributed by atoms with E-state index in [2.05, 4.69) is 16.9 Å². The van der Waals surface area contributed by atoms with Crippen LogP contribution in [0.25, 0.3) is 0 Å². The van der Waals surface area contributed by atoms with Crippen molar-refractivity contribution in [2.75, 3.05) is 0 Å². The zero-order valence-corrected chi connectivity index (χ0v) is 12.1. The highest BCUT2D eigenvalue weighted by atomic mass is 16.5. The van der Waals surface area contributed by atoms with Gasteiger partial charge in [0.15, 0.2) is 0 Å². The van der Waals surface area contributed by atoms with Crippen molar-refractivity contribution in [1.29, 1.82) is 0 Å². The fourth-order valence-electron chi connectivity index (χ4n) is 1.84. The van der Waals surface area contributed by atoms with Gasteiger partial charge in [0.1, 0.15) is 6.10 Å². The second-order valence-electron chi connectivity index (χ2n) is 4.76. The molecule has 0 aromatic carbocycles. The number of ether oxygens (including phenoxy) is 1.